The van der Waals surface area contributed by atoms with E-state index >= 15 is 0 Å². The van der Waals surface area contributed by atoms with E-state index in [4.69, 9.17) is 10.2 Å². The Morgan fingerprint density at radius 2 is 1.90 bits per heavy atom. The van der Waals surface area contributed by atoms with Gasteiger partial charge in [0.1, 0.15) is 4.88 Å². The summed E-state index contributed by atoms with van der Waals surface area (Å²) in [6, 6.07) is 2.44. The van der Waals surface area contributed by atoms with E-state index < -0.39 is 15.9 Å². The summed E-state index contributed by atoms with van der Waals surface area (Å²) in [5.41, 5.74) is 5.82. The number of hydrogen-bond acceptors (Lipinski definition) is 7. The third kappa shape index (κ3) is 4.51. The van der Waals surface area contributed by atoms with Gasteiger partial charge in [-0.1, -0.05) is 13.8 Å². The van der Waals surface area contributed by atoms with Crippen LogP contribution < -0.4 is 5.73 Å². The monoisotopic (exact) mass is 440 g/mol. The van der Waals surface area contributed by atoms with E-state index in [-0.39, 0.29) is 42.9 Å². The third-order valence-corrected chi connectivity index (χ3v) is 7.50. The average molecular weight is 441 g/mol. The van der Waals surface area contributed by atoms with Crippen LogP contribution in [-0.4, -0.2) is 60.6 Å². The van der Waals surface area contributed by atoms with Crippen molar-refractivity contribution < 1.29 is 22.4 Å². The van der Waals surface area contributed by atoms with Crippen LogP contribution in [0.5, 0.6) is 0 Å². The highest BCUT2D eigenvalue weighted by molar-refractivity contribution is 7.89. The summed E-state index contributed by atoms with van der Waals surface area (Å²) in [4.78, 5) is 30.8. The number of sulfonamides is 1. The fourth-order valence-electron chi connectivity index (χ4n) is 3.08. The average Bonchev–Trinajstić information content (AvgIpc) is 3.28. The Balaban J connectivity index is 1.67. The van der Waals surface area contributed by atoms with Gasteiger partial charge in [-0.25, -0.2) is 13.4 Å². The Morgan fingerprint density at radius 1 is 1.24 bits per heavy atom. The van der Waals surface area contributed by atoms with E-state index in [1.165, 1.54) is 27.8 Å². The summed E-state index contributed by atoms with van der Waals surface area (Å²) >= 11 is 1.41. The molecule has 0 spiro atoms. The molecule has 0 aliphatic carbocycles. The van der Waals surface area contributed by atoms with Crippen LogP contribution in [-0.2, 0) is 16.4 Å². The lowest BCUT2D eigenvalue weighted by Crippen LogP contribution is -2.50. The molecule has 0 radical (unpaired) electrons. The van der Waals surface area contributed by atoms with Gasteiger partial charge in [-0.15, -0.1) is 11.3 Å². The second kappa shape index (κ2) is 8.25. The largest absolute Gasteiger partial charge is 0.438 e. The highest BCUT2D eigenvalue weighted by Gasteiger charge is 2.33. The molecular weight excluding hydrogens is 416 g/mol. The van der Waals surface area contributed by atoms with E-state index in [0.29, 0.717) is 16.5 Å². The van der Waals surface area contributed by atoms with Crippen molar-refractivity contribution >= 4 is 33.2 Å². The van der Waals surface area contributed by atoms with E-state index in [1.807, 2.05) is 6.92 Å². The summed E-state index contributed by atoms with van der Waals surface area (Å²) in [6.45, 7) is 6.82. The van der Waals surface area contributed by atoms with E-state index in [0.717, 1.165) is 11.4 Å². The number of thiazole rings is 1. The molecule has 1 fully saturated rings. The zero-order valence-corrected chi connectivity index (χ0v) is 18.2. The van der Waals surface area contributed by atoms with Crippen molar-refractivity contribution in [3.63, 3.8) is 0 Å². The summed E-state index contributed by atoms with van der Waals surface area (Å²) in [6.07, 6.45) is 0.821. The van der Waals surface area contributed by atoms with Crippen molar-refractivity contribution in [2.75, 3.05) is 26.2 Å². The van der Waals surface area contributed by atoms with Gasteiger partial charge in [0.05, 0.1) is 10.7 Å². The number of carbonyl (C=O) groups is 2. The second-order valence-corrected chi connectivity index (χ2v) is 10.3. The topological polar surface area (TPSA) is 127 Å². The number of carbonyl (C=O) groups excluding carboxylic acids is 2. The number of rotatable bonds is 6. The van der Waals surface area contributed by atoms with Gasteiger partial charge < -0.3 is 15.1 Å². The molecule has 0 atom stereocenters. The molecule has 0 unspecified atom stereocenters. The maximum Gasteiger partial charge on any atom is 0.284 e. The Bertz CT molecular complexity index is 1020. The number of aryl methyl sites for hydroxylation is 1. The van der Waals surface area contributed by atoms with Gasteiger partial charge in [0.25, 0.3) is 21.8 Å². The van der Waals surface area contributed by atoms with Gasteiger partial charge in [0.15, 0.2) is 5.76 Å². The minimum atomic E-state index is -3.89. The van der Waals surface area contributed by atoms with E-state index in [1.54, 1.807) is 4.90 Å². The van der Waals surface area contributed by atoms with Crippen LogP contribution in [0.4, 0.5) is 0 Å². The maximum absolute atomic E-state index is 12.9. The molecule has 158 valence electrons. The van der Waals surface area contributed by atoms with E-state index in [2.05, 4.69) is 18.8 Å². The molecule has 29 heavy (non-hydrogen) atoms. The molecule has 2 aromatic heterocycles. The highest BCUT2D eigenvalue weighted by atomic mass is 32.2. The van der Waals surface area contributed by atoms with Crippen LogP contribution in [0.2, 0.25) is 0 Å². The van der Waals surface area contributed by atoms with Crippen LogP contribution in [0, 0.1) is 12.8 Å². The van der Waals surface area contributed by atoms with Crippen molar-refractivity contribution in [3.8, 4) is 0 Å². The number of aromatic nitrogens is 1. The molecule has 9 nitrogen and oxygen atoms in total. The van der Waals surface area contributed by atoms with Crippen molar-refractivity contribution in [1.82, 2.24) is 14.2 Å². The zero-order chi connectivity index (χ0) is 21.3. The van der Waals surface area contributed by atoms with Crippen LogP contribution in [0.1, 0.15) is 44.8 Å². The van der Waals surface area contributed by atoms with Gasteiger partial charge >= 0.3 is 0 Å². The van der Waals surface area contributed by atoms with Crippen molar-refractivity contribution in [2.45, 2.75) is 32.3 Å². The molecule has 1 saturated heterocycles. The van der Waals surface area contributed by atoms with Gasteiger partial charge in [-0.3, -0.25) is 9.59 Å². The minimum Gasteiger partial charge on any atom is -0.438 e. The first kappa shape index (κ1) is 21.5. The van der Waals surface area contributed by atoms with E-state index in [9.17, 15) is 18.0 Å². The van der Waals surface area contributed by atoms with Crippen LogP contribution in [0.25, 0.3) is 0 Å². The molecule has 0 aromatic carbocycles. The lowest BCUT2D eigenvalue weighted by Gasteiger charge is -2.33. The Labute approximate surface area is 173 Å². The molecule has 0 saturated carbocycles. The van der Waals surface area contributed by atoms with Crippen molar-refractivity contribution in [2.24, 2.45) is 11.7 Å². The number of primary amides is 1. The molecular formula is C18H24N4O5S2. The second-order valence-electron chi connectivity index (χ2n) is 7.30. The van der Waals surface area contributed by atoms with Gasteiger partial charge in [0, 0.05) is 32.6 Å². The van der Waals surface area contributed by atoms with Crippen LogP contribution >= 0.6 is 11.3 Å². The number of nitrogens with zero attached hydrogens (tertiary/aromatic N) is 3. The molecule has 2 aromatic rings. The molecule has 0 bridgehead atoms. The molecule has 2 N–H and O–H groups in total. The molecule has 2 amide bonds. The molecule has 1 aliphatic rings. The quantitative estimate of drug-likeness (QED) is 0.725. The Morgan fingerprint density at radius 3 is 2.45 bits per heavy atom. The minimum absolute atomic E-state index is 0.124. The first-order valence-electron chi connectivity index (χ1n) is 9.25. The molecule has 11 heteroatoms. The Hall–Kier alpha value is -2.24. The summed E-state index contributed by atoms with van der Waals surface area (Å²) < 4.78 is 31.7. The summed E-state index contributed by atoms with van der Waals surface area (Å²) in [5, 5.41) is 0.604. The number of nitrogens with two attached hydrogens (primary N) is 1. The SMILES string of the molecule is Cc1nc(CC(C)C)sc1C(=O)N1CCN(S(=O)(=O)c2ccc(C(N)=O)o2)CC1. The Kier molecular flexibility index (Phi) is 6.11. The number of hydrogen-bond donors (Lipinski definition) is 1. The fraction of sp³-hybridized carbons (Fsp3) is 0.500. The first-order valence-corrected chi connectivity index (χ1v) is 11.5. The zero-order valence-electron chi connectivity index (χ0n) is 16.5. The predicted molar refractivity (Wildman–Crippen MR) is 107 cm³/mol. The number of amides is 2. The fourth-order valence-corrected chi connectivity index (χ4v) is 5.66. The lowest BCUT2D eigenvalue weighted by atomic mass is 10.1. The molecule has 3 rings (SSSR count). The van der Waals surface area contributed by atoms with Crippen molar-refractivity contribution in [1.29, 1.82) is 0 Å². The molecule has 1 aliphatic heterocycles. The van der Waals surface area contributed by atoms with Crippen molar-refractivity contribution in [3.05, 3.63) is 33.5 Å². The van der Waals surface area contributed by atoms with Crippen LogP contribution in [0.3, 0.4) is 0 Å². The normalized spacial score (nSPS) is 15.8. The lowest BCUT2D eigenvalue weighted by molar-refractivity contribution is 0.0700. The smallest absolute Gasteiger partial charge is 0.284 e. The maximum atomic E-state index is 12.9. The molecule has 3 heterocycles. The number of piperazine rings is 1. The summed E-state index contributed by atoms with van der Waals surface area (Å²) in [7, 11) is -3.89. The van der Waals surface area contributed by atoms with Gasteiger partial charge in [-0.05, 0) is 25.0 Å². The van der Waals surface area contributed by atoms with Gasteiger partial charge in [0.2, 0.25) is 5.09 Å². The third-order valence-electron chi connectivity index (χ3n) is 4.56. The first-order chi connectivity index (χ1) is 13.6. The summed E-state index contributed by atoms with van der Waals surface area (Å²) in [5.74, 6) is -0.719. The highest BCUT2D eigenvalue weighted by Crippen LogP contribution is 2.24. The number of furan rings is 1. The standard InChI is InChI=1S/C18H24N4O5S2/c1-11(2)10-14-20-12(3)16(28-14)18(24)21-6-8-22(9-7-21)29(25,26)15-5-4-13(27-15)17(19)23/h4-5,11H,6-10H2,1-3H3,(H2,19,23). The predicted octanol–water partition coefficient (Wildman–Crippen LogP) is 1.49. The van der Waals surface area contributed by atoms with Gasteiger partial charge in [-0.2, -0.15) is 4.31 Å². The van der Waals surface area contributed by atoms with Crippen LogP contribution in [0.15, 0.2) is 21.6 Å².